The highest BCUT2D eigenvalue weighted by Crippen LogP contribution is 2.22. The Balaban J connectivity index is 2.15. The maximum Gasteiger partial charge on any atom is 0.357 e. The van der Waals surface area contributed by atoms with E-state index < -0.39 is 5.97 Å². The molecule has 3 rings (SSSR count). The van der Waals surface area contributed by atoms with E-state index in [-0.39, 0.29) is 0 Å². The minimum atomic E-state index is -0.417. The van der Waals surface area contributed by atoms with Crippen molar-refractivity contribution >= 4 is 5.97 Å². The van der Waals surface area contributed by atoms with Crippen molar-refractivity contribution in [2.24, 2.45) is 0 Å². The topological polar surface area (TPSA) is 64.1 Å². The molecule has 1 aliphatic rings. The summed E-state index contributed by atoms with van der Waals surface area (Å²) in [5.41, 5.74) is 2.96. The van der Waals surface area contributed by atoms with Gasteiger partial charge in [0.2, 0.25) is 0 Å². The maximum absolute atomic E-state index is 11.8. The van der Waals surface area contributed by atoms with Crippen molar-refractivity contribution in [3.8, 4) is 11.4 Å². The van der Waals surface area contributed by atoms with E-state index in [1.807, 2.05) is 30.3 Å². The number of esters is 1. The van der Waals surface area contributed by atoms with Crippen LogP contribution < -0.4 is 5.32 Å². The predicted molar refractivity (Wildman–Crippen MR) is 69.4 cm³/mol. The largest absolute Gasteiger partial charge is 0.464 e. The first-order chi connectivity index (χ1) is 9.29. The third kappa shape index (κ3) is 2.08. The number of fused-ring (bicyclic) bond motifs is 1. The van der Waals surface area contributed by atoms with E-state index in [1.165, 1.54) is 7.11 Å². The maximum atomic E-state index is 11.8. The lowest BCUT2D eigenvalue weighted by Crippen LogP contribution is -2.11. The van der Waals surface area contributed by atoms with Gasteiger partial charge in [-0.05, 0) is 0 Å². The number of nitrogens with one attached hydrogen (secondary N) is 1. The third-order valence-corrected chi connectivity index (χ3v) is 3.10. The van der Waals surface area contributed by atoms with E-state index in [0.29, 0.717) is 24.6 Å². The number of hydrogen-bond donors (Lipinski definition) is 1. The zero-order chi connectivity index (χ0) is 13.2. The molecule has 1 N–H and O–H groups in total. The highest BCUT2D eigenvalue weighted by molar-refractivity contribution is 5.89. The first kappa shape index (κ1) is 11.8. The fraction of sp³-hybridized carbons (Fsp3) is 0.214. The van der Waals surface area contributed by atoms with Crippen LogP contribution in [-0.4, -0.2) is 23.0 Å². The summed E-state index contributed by atoms with van der Waals surface area (Å²) in [6, 6.07) is 9.61. The van der Waals surface area contributed by atoms with Gasteiger partial charge in [-0.15, -0.1) is 0 Å². The van der Waals surface area contributed by atoms with Gasteiger partial charge in [-0.1, -0.05) is 30.3 Å². The number of methoxy groups -OCH3 is 1. The molecule has 2 aromatic rings. The van der Waals surface area contributed by atoms with Gasteiger partial charge in [0.1, 0.15) is 0 Å². The van der Waals surface area contributed by atoms with E-state index in [4.69, 9.17) is 4.74 Å². The van der Waals surface area contributed by atoms with Crippen molar-refractivity contribution in [3.63, 3.8) is 0 Å². The molecular formula is C14H13N3O2. The Morgan fingerprint density at radius 2 is 2.00 bits per heavy atom. The Morgan fingerprint density at radius 3 is 2.74 bits per heavy atom. The molecule has 19 heavy (non-hydrogen) atoms. The van der Waals surface area contributed by atoms with E-state index >= 15 is 0 Å². The molecule has 0 unspecified atom stereocenters. The van der Waals surface area contributed by atoms with Crippen LogP contribution in [0.3, 0.4) is 0 Å². The van der Waals surface area contributed by atoms with Crippen LogP contribution in [0, 0.1) is 0 Å². The lowest BCUT2D eigenvalue weighted by atomic mass is 10.1. The van der Waals surface area contributed by atoms with E-state index in [0.717, 1.165) is 16.8 Å². The van der Waals surface area contributed by atoms with Crippen LogP contribution in [0.15, 0.2) is 30.3 Å². The van der Waals surface area contributed by atoms with Gasteiger partial charge in [-0.2, -0.15) is 0 Å². The van der Waals surface area contributed by atoms with Gasteiger partial charge in [0.05, 0.1) is 12.8 Å². The Labute approximate surface area is 110 Å². The number of hydrogen-bond acceptors (Lipinski definition) is 5. The standard InChI is InChI=1S/C14H13N3O2/c1-19-14(18)12-10-7-15-8-11(10)16-13(17-12)9-5-3-2-4-6-9/h2-6,15H,7-8H2,1H3. The second-order valence-electron chi connectivity index (χ2n) is 4.28. The van der Waals surface area contributed by atoms with Crippen LogP contribution in [0.2, 0.25) is 0 Å². The zero-order valence-electron chi connectivity index (χ0n) is 10.5. The molecule has 2 heterocycles. The number of carbonyl (C=O) groups is 1. The summed E-state index contributed by atoms with van der Waals surface area (Å²) in [7, 11) is 1.36. The molecule has 1 aromatic heterocycles. The van der Waals surface area contributed by atoms with Crippen molar-refractivity contribution in [2.45, 2.75) is 13.1 Å². The van der Waals surface area contributed by atoms with Crippen molar-refractivity contribution < 1.29 is 9.53 Å². The smallest absolute Gasteiger partial charge is 0.357 e. The van der Waals surface area contributed by atoms with E-state index in [9.17, 15) is 4.79 Å². The summed E-state index contributed by atoms with van der Waals surface area (Å²) >= 11 is 0. The van der Waals surface area contributed by atoms with Gasteiger partial charge in [-0.3, -0.25) is 0 Å². The van der Waals surface area contributed by atoms with Crippen LogP contribution in [0.5, 0.6) is 0 Å². The van der Waals surface area contributed by atoms with Crippen LogP contribution in [0.25, 0.3) is 11.4 Å². The molecule has 5 heteroatoms. The molecule has 0 atom stereocenters. The molecule has 0 saturated heterocycles. The molecule has 0 spiro atoms. The number of rotatable bonds is 2. The summed E-state index contributed by atoms with van der Waals surface area (Å²) in [5, 5.41) is 3.18. The Bertz CT molecular complexity index is 626. The van der Waals surface area contributed by atoms with Gasteiger partial charge in [0.25, 0.3) is 0 Å². The van der Waals surface area contributed by atoms with Crippen LogP contribution in [-0.2, 0) is 17.8 Å². The first-order valence-corrected chi connectivity index (χ1v) is 6.04. The Kier molecular flexibility index (Phi) is 2.97. The van der Waals surface area contributed by atoms with Crippen molar-refractivity contribution in [1.29, 1.82) is 0 Å². The minimum Gasteiger partial charge on any atom is -0.464 e. The molecule has 1 aromatic carbocycles. The third-order valence-electron chi connectivity index (χ3n) is 3.10. The molecule has 0 radical (unpaired) electrons. The highest BCUT2D eigenvalue weighted by atomic mass is 16.5. The number of benzene rings is 1. The lowest BCUT2D eigenvalue weighted by Gasteiger charge is -2.08. The van der Waals surface area contributed by atoms with E-state index in [2.05, 4.69) is 15.3 Å². The average molecular weight is 255 g/mol. The lowest BCUT2D eigenvalue weighted by molar-refractivity contribution is 0.0592. The molecule has 1 aliphatic heterocycles. The molecule has 96 valence electrons. The number of ether oxygens (including phenoxy) is 1. The normalized spacial score (nSPS) is 13.1. The highest BCUT2D eigenvalue weighted by Gasteiger charge is 2.24. The minimum absolute atomic E-state index is 0.358. The van der Waals surface area contributed by atoms with Gasteiger partial charge >= 0.3 is 5.97 Å². The molecular weight excluding hydrogens is 242 g/mol. The van der Waals surface area contributed by atoms with Crippen LogP contribution in [0.1, 0.15) is 21.7 Å². The SMILES string of the molecule is COC(=O)c1nc(-c2ccccc2)nc2c1CNC2. The molecule has 0 fully saturated rings. The molecule has 0 bridgehead atoms. The summed E-state index contributed by atoms with van der Waals surface area (Å²) in [6.45, 7) is 1.26. The molecule has 0 saturated carbocycles. The monoisotopic (exact) mass is 255 g/mol. The van der Waals surface area contributed by atoms with Crippen LogP contribution in [0.4, 0.5) is 0 Å². The fourth-order valence-corrected chi connectivity index (χ4v) is 2.15. The summed E-state index contributed by atoms with van der Waals surface area (Å²) in [5.74, 6) is 0.142. The van der Waals surface area contributed by atoms with Gasteiger partial charge in [-0.25, -0.2) is 14.8 Å². The van der Waals surface area contributed by atoms with E-state index in [1.54, 1.807) is 0 Å². The van der Waals surface area contributed by atoms with Crippen LogP contribution >= 0.6 is 0 Å². The van der Waals surface area contributed by atoms with Gasteiger partial charge < -0.3 is 10.1 Å². The first-order valence-electron chi connectivity index (χ1n) is 6.04. The second kappa shape index (κ2) is 4.78. The molecule has 0 aliphatic carbocycles. The summed E-state index contributed by atoms with van der Waals surface area (Å²) in [4.78, 5) is 20.7. The Morgan fingerprint density at radius 1 is 1.21 bits per heavy atom. The number of carbonyl (C=O) groups excluding carboxylic acids is 1. The Hall–Kier alpha value is -2.27. The van der Waals surface area contributed by atoms with Crippen molar-refractivity contribution in [2.75, 3.05) is 7.11 Å². The summed E-state index contributed by atoms with van der Waals surface area (Å²) < 4.78 is 4.80. The second-order valence-corrected chi connectivity index (χ2v) is 4.28. The number of nitrogens with zero attached hydrogens (tertiary/aromatic N) is 2. The molecule has 0 amide bonds. The predicted octanol–water partition coefficient (Wildman–Crippen LogP) is 1.53. The fourth-order valence-electron chi connectivity index (χ4n) is 2.15. The average Bonchev–Trinajstić information content (AvgIpc) is 2.94. The summed E-state index contributed by atoms with van der Waals surface area (Å²) in [6.07, 6.45) is 0. The van der Waals surface area contributed by atoms with Gasteiger partial charge in [0, 0.05) is 24.2 Å². The quantitative estimate of drug-likeness (QED) is 0.824. The number of aromatic nitrogens is 2. The molecule has 5 nitrogen and oxygen atoms in total. The zero-order valence-corrected chi connectivity index (χ0v) is 10.5. The van der Waals surface area contributed by atoms with Gasteiger partial charge in [0.15, 0.2) is 11.5 Å². The van der Waals surface area contributed by atoms with Crippen molar-refractivity contribution in [1.82, 2.24) is 15.3 Å². The van der Waals surface area contributed by atoms with Crippen molar-refractivity contribution in [3.05, 3.63) is 47.3 Å².